The van der Waals surface area contributed by atoms with E-state index < -0.39 is 6.04 Å². The van der Waals surface area contributed by atoms with Gasteiger partial charge in [-0.25, -0.2) is 9.97 Å². The molecule has 6 bridgehead atoms. The first-order valence-corrected chi connectivity index (χ1v) is 13.3. The summed E-state index contributed by atoms with van der Waals surface area (Å²) in [5.74, 6) is 1.48. The number of ether oxygens (including phenoxy) is 1. The number of benzene rings is 2. The highest BCUT2D eigenvalue weighted by atomic mass is 16.5. The molecule has 3 aromatic rings. The summed E-state index contributed by atoms with van der Waals surface area (Å²) in [5.41, 5.74) is 2.81. The zero-order valence-corrected chi connectivity index (χ0v) is 22.7. The van der Waals surface area contributed by atoms with Crippen LogP contribution in [0.4, 0.5) is 23.0 Å². The lowest BCUT2D eigenvalue weighted by molar-refractivity contribution is -0.130. The Morgan fingerprint density at radius 3 is 2.44 bits per heavy atom. The van der Waals surface area contributed by atoms with Crippen molar-refractivity contribution in [3.8, 4) is 5.75 Å². The summed E-state index contributed by atoms with van der Waals surface area (Å²) < 4.78 is 5.73. The van der Waals surface area contributed by atoms with E-state index in [1.807, 2.05) is 44.2 Å². The van der Waals surface area contributed by atoms with Crippen LogP contribution in [0.1, 0.15) is 32.8 Å². The topological polar surface area (TPSA) is 121 Å². The van der Waals surface area contributed by atoms with Gasteiger partial charge in [-0.1, -0.05) is 39.0 Å². The predicted octanol–water partition coefficient (Wildman–Crippen LogP) is 3.83. The quantitative estimate of drug-likeness (QED) is 0.403. The van der Waals surface area contributed by atoms with E-state index in [2.05, 4.69) is 55.2 Å². The highest BCUT2D eigenvalue weighted by molar-refractivity contribution is 5.88. The molecule has 1 atom stereocenters. The maximum Gasteiger partial charge on any atom is 0.258 e. The molecule has 4 rings (SSSR count). The fraction of sp³-hybridized carbons (Fsp3) is 0.379. The summed E-state index contributed by atoms with van der Waals surface area (Å²) in [5, 5.41) is 12.5. The van der Waals surface area contributed by atoms with Gasteiger partial charge in [-0.3, -0.25) is 14.5 Å². The minimum Gasteiger partial charge on any atom is -0.484 e. The zero-order valence-electron chi connectivity index (χ0n) is 22.7. The maximum absolute atomic E-state index is 13.0. The van der Waals surface area contributed by atoms with Gasteiger partial charge in [-0.2, -0.15) is 0 Å². The first-order chi connectivity index (χ1) is 18.9. The number of amides is 2. The van der Waals surface area contributed by atoms with Gasteiger partial charge in [-0.15, -0.1) is 0 Å². The number of hydrogen-bond acceptors (Lipinski definition) is 8. The van der Waals surface area contributed by atoms with Crippen molar-refractivity contribution in [3.63, 3.8) is 0 Å². The van der Waals surface area contributed by atoms with Gasteiger partial charge in [0.2, 0.25) is 5.91 Å². The third-order valence-electron chi connectivity index (χ3n) is 6.28. The van der Waals surface area contributed by atoms with Crippen LogP contribution in [-0.2, 0) is 16.1 Å². The number of likely N-dealkylation sites (N-methyl/N-ethyl adjacent to an activating group) is 1. The lowest BCUT2D eigenvalue weighted by Crippen LogP contribution is -2.49. The Bertz CT molecular complexity index is 1270. The largest absolute Gasteiger partial charge is 0.484 e. The fourth-order valence-corrected chi connectivity index (χ4v) is 4.36. The molecule has 4 N–H and O–H groups in total. The molecule has 0 spiro atoms. The third-order valence-corrected chi connectivity index (χ3v) is 6.28. The first kappa shape index (κ1) is 27.8. The van der Waals surface area contributed by atoms with E-state index in [9.17, 15) is 9.59 Å². The number of rotatable bonds is 3. The molecule has 0 saturated carbocycles. The summed E-state index contributed by atoms with van der Waals surface area (Å²) in [6, 6.07) is 16.7. The Hall–Kier alpha value is -4.18. The number of nitrogens with one attached hydrogen (secondary N) is 4. The van der Waals surface area contributed by atoms with Crippen molar-refractivity contribution < 1.29 is 14.3 Å². The molecule has 0 saturated heterocycles. The van der Waals surface area contributed by atoms with Crippen molar-refractivity contribution in [1.82, 2.24) is 25.5 Å². The van der Waals surface area contributed by atoms with Crippen molar-refractivity contribution >= 4 is 34.8 Å². The van der Waals surface area contributed by atoms with E-state index in [-0.39, 0.29) is 24.3 Å². The van der Waals surface area contributed by atoms with Crippen molar-refractivity contribution in [2.75, 3.05) is 36.9 Å². The van der Waals surface area contributed by atoms with Crippen LogP contribution in [0, 0.1) is 5.92 Å². The predicted molar refractivity (Wildman–Crippen MR) is 152 cm³/mol. The van der Waals surface area contributed by atoms with Crippen LogP contribution in [0.2, 0.25) is 0 Å². The van der Waals surface area contributed by atoms with Crippen LogP contribution < -0.4 is 26.0 Å². The average molecular weight is 532 g/mol. The number of aromatic nitrogens is 2. The molecule has 0 fully saturated rings. The average Bonchev–Trinajstić information content (AvgIpc) is 2.91. The van der Waals surface area contributed by atoms with E-state index in [4.69, 9.17) is 4.74 Å². The number of carbonyl (C=O) groups excluding carboxylic acids is 2. The van der Waals surface area contributed by atoms with Crippen molar-refractivity contribution in [3.05, 3.63) is 66.5 Å². The van der Waals surface area contributed by atoms with Crippen molar-refractivity contribution in [2.45, 2.75) is 39.8 Å². The van der Waals surface area contributed by atoms with Gasteiger partial charge in [0.05, 0.1) is 0 Å². The molecule has 39 heavy (non-hydrogen) atoms. The maximum atomic E-state index is 13.0. The van der Waals surface area contributed by atoms with Crippen LogP contribution in [0.3, 0.4) is 0 Å². The number of anilines is 4. The van der Waals surface area contributed by atoms with E-state index in [1.165, 1.54) is 6.33 Å². The number of nitrogens with zero attached hydrogens (tertiary/aromatic N) is 3. The summed E-state index contributed by atoms with van der Waals surface area (Å²) >= 11 is 0. The molecule has 1 aliphatic heterocycles. The molecule has 1 aliphatic rings. The third kappa shape index (κ3) is 8.68. The van der Waals surface area contributed by atoms with Gasteiger partial charge in [0.25, 0.3) is 5.91 Å². The molecule has 0 radical (unpaired) electrons. The summed E-state index contributed by atoms with van der Waals surface area (Å²) in [4.78, 5) is 36.6. The molecule has 0 aliphatic carbocycles. The molecule has 1 aromatic heterocycles. The smallest absolute Gasteiger partial charge is 0.258 e. The zero-order chi connectivity index (χ0) is 27.6. The molecule has 206 valence electrons. The van der Waals surface area contributed by atoms with Crippen LogP contribution in [0.25, 0.3) is 0 Å². The summed E-state index contributed by atoms with van der Waals surface area (Å²) in [7, 11) is 0. The molecule has 2 heterocycles. The second-order valence-corrected chi connectivity index (χ2v) is 9.96. The van der Waals surface area contributed by atoms with Gasteiger partial charge >= 0.3 is 0 Å². The van der Waals surface area contributed by atoms with E-state index in [0.717, 1.165) is 30.0 Å². The van der Waals surface area contributed by atoms with E-state index in [0.29, 0.717) is 36.9 Å². The van der Waals surface area contributed by atoms with Gasteiger partial charge in [0.15, 0.2) is 6.61 Å². The highest BCUT2D eigenvalue weighted by Gasteiger charge is 2.22. The van der Waals surface area contributed by atoms with Crippen molar-refractivity contribution in [2.24, 2.45) is 5.92 Å². The summed E-state index contributed by atoms with van der Waals surface area (Å²) in [6.07, 6.45) is 2.04. The minimum absolute atomic E-state index is 0.186. The number of hydrogen-bond donors (Lipinski definition) is 4. The summed E-state index contributed by atoms with van der Waals surface area (Å²) in [6.45, 7) is 8.68. The van der Waals surface area contributed by atoms with E-state index >= 15 is 0 Å². The SMILES string of the molecule is CCN1CCNC(=O)C(CC(C)C)NC(=O)COc2cccc(c2)Nc2cc(ncn2)Nc2cccc(c2)C1. The Morgan fingerprint density at radius 2 is 1.72 bits per heavy atom. The normalized spacial score (nSPS) is 17.4. The fourth-order valence-electron chi connectivity index (χ4n) is 4.36. The highest BCUT2D eigenvalue weighted by Crippen LogP contribution is 2.23. The number of fused-ring (bicyclic) bond motifs is 6. The van der Waals surface area contributed by atoms with Crippen LogP contribution in [-0.4, -0.2) is 59.0 Å². The van der Waals surface area contributed by atoms with E-state index in [1.54, 1.807) is 12.1 Å². The van der Waals surface area contributed by atoms with Gasteiger partial charge in [0.1, 0.15) is 29.8 Å². The second-order valence-electron chi connectivity index (χ2n) is 9.96. The lowest BCUT2D eigenvalue weighted by Gasteiger charge is -2.23. The van der Waals surface area contributed by atoms with Gasteiger partial charge < -0.3 is 26.0 Å². The Kier molecular flexibility index (Phi) is 9.69. The second kappa shape index (κ2) is 13.6. The minimum atomic E-state index is -0.628. The van der Waals surface area contributed by atoms with Crippen LogP contribution >= 0.6 is 0 Å². The first-order valence-electron chi connectivity index (χ1n) is 13.3. The molecule has 1 unspecified atom stereocenters. The monoisotopic (exact) mass is 531 g/mol. The van der Waals surface area contributed by atoms with Crippen LogP contribution in [0.5, 0.6) is 5.75 Å². The van der Waals surface area contributed by atoms with Crippen molar-refractivity contribution in [1.29, 1.82) is 0 Å². The Morgan fingerprint density at radius 1 is 1.00 bits per heavy atom. The van der Waals surface area contributed by atoms with Gasteiger partial charge in [0, 0.05) is 43.1 Å². The molecular weight excluding hydrogens is 494 g/mol. The number of carbonyl (C=O) groups is 2. The standard InChI is InChI=1S/C29H37N7O3/c1-4-36-12-11-30-29(38)25(13-20(2)3)35-28(37)18-39-24-10-6-9-23(15-24)34-27-16-26(31-19-32-27)33-22-8-5-7-21(14-22)17-36/h5-10,14-16,19-20,25H,4,11-13,17-18H2,1-3H3,(H,30,38)(H,35,37)(H2,31,32,33,34). The molecule has 2 amide bonds. The Labute approximate surface area is 229 Å². The van der Waals surface area contributed by atoms with Gasteiger partial charge in [-0.05, 0) is 48.7 Å². The van der Waals surface area contributed by atoms with Crippen LogP contribution in [0.15, 0.2) is 60.9 Å². The molecule has 10 nitrogen and oxygen atoms in total. The lowest BCUT2D eigenvalue weighted by atomic mass is 10.0. The Balaban J connectivity index is 1.58. The molecule has 10 heteroatoms. The molecule has 2 aromatic carbocycles. The molecular formula is C29H37N7O3.